The van der Waals surface area contributed by atoms with Gasteiger partial charge in [-0.1, -0.05) is 12.1 Å². The molecule has 140 valence electrons. The fraction of sp³-hybridized carbons (Fsp3) is 0.300. The lowest BCUT2D eigenvalue weighted by Crippen LogP contribution is -2.40. The smallest absolute Gasteiger partial charge is 0.175 e. The van der Waals surface area contributed by atoms with Crippen LogP contribution >= 0.6 is 12.2 Å². The fourth-order valence-electron chi connectivity index (χ4n) is 3.54. The Labute approximate surface area is 162 Å². The van der Waals surface area contributed by atoms with Crippen LogP contribution in [0.2, 0.25) is 0 Å². The molecule has 1 atom stereocenters. The van der Waals surface area contributed by atoms with Gasteiger partial charge in [-0.2, -0.15) is 0 Å². The Morgan fingerprint density at radius 3 is 2.48 bits per heavy atom. The average Bonchev–Trinajstić information content (AvgIpc) is 3.10. The number of pyridine rings is 1. The summed E-state index contributed by atoms with van der Waals surface area (Å²) < 4.78 is 19.5. The van der Waals surface area contributed by atoms with Crippen molar-refractivity contribution < 1.29 is 9.13 Å². The third-order valence-electron chi connectivity index (χ3n) is 4.89. The van der Waals surface area contributed by atoms with Crippen LogP contribution in [0, 0.1) is 10.6 Å². The van der Waals surface area contributed by atoms with Crippen molar-refractivity contribution in [3.63, 3.8) is 0 Å². The largest absolute Gasteiger partial charge is 0.379 e. The highest BCUT2D eigenvalue weighted by atomic mass is 32.1. The lowest BCUT2D eigenvalue weighted by Gasteiger charge is -2.34. The van der Waals surface area contributed by atoms with Gasteiger partial charge >= 0.3 is 0 Å². The van der Waals surface area contributed by atoms with Crippen LogP contribution in [-0.2, 0) is 11.2 Å². The summed E-state index contributed by atoms with van der Waals surface area (Å²) in [6.45, 7) is 3.09. The minimum Gasteiger partial charge on any atom is -0.379 e. The second-order valence-electron chi connectivity index (χ2n) is 6.60. The molecule has 3 heterocycles. The molecular weight excluding hydrogens is 363 g/mol. The van der Waals surface area contributed by atoms with Crippen LogP contribution in [0.25, 0.3) is 11.3 Å². The van der Waals surface area contributed by atoms with E-state index in [-0.39, 0.29) is 11.9 Å². The van der Waals surface area contributed by atoms with Crippen LogP contribution in [0.3, 0.4) is 0 Å². The van der Waals surface area contributed by atoms with Gasteiger partial charge in [0.2, 0.25) is 0 Å². The molecule has 0 bridgehead atoms. The molecule has 1 fully saturated rings. The van der Waals surface area contributed by atoms with E-state index >= 15 is 0 Å². The number of imidazole rings is 1. The number of halogens is 1. The first-order valence-corrected chi connectivity index (χ1v) is 9.40. The number of rotatable bonds is 5. The van der Waals surface area contributed by atoms with E-state index in [2.05, 4.69) is 19.9 Å². The number of nitrogens with one attached hydrogen (secondary N) is 2. The SMILES string of the molecule is Fc1ccc(CC(c2[nH]c(=S)[nH]c2-c2ccncc2)N2CCOCC2)cc1. The molecule has 0 amide bonds. The Kier molecular flexibility index (Phi) is 5.42. The molecule has 0 spiro atoms. The number of benzene rings is 1. The number of ether oxygens (including phenoxy) is 1. The normalized spacial score (nSPS) is 16.3. The third kappa shape index (κ3) is 4.16. The Morgan fingerprint density at radius 1 is 1.07 bits per heavy atom. The monoisotopic (exact) mass is 384 g/mol. The lowest BCUT2D eigenvalue weighted by molar-refractivity contribution is 0.0154. The maximum Gasteiger partial charge on any atom is 0.175 e. The van der Waals surface area contributed by atoms with Gasteiger partial charge in [0.05, 0.1) is 30.6 Å². The molecule has 1 saturated heterocycles. The molecule has 4 rings (SSSR count). The molecule has 7 heteroatoms. The highest BCUT2D eigenvalue weighted by molar-refractivity contribution is 7.71. The van der Waals surface area contributed by atoms with Crippen molar-refractivity contribution in [1.29, 1.82) is 0 Å². The predicted octanol–water partition coefficient (Wildman–Crippen LogP) is 3.89. The van der Waals surface area contributed by atoms with Crippen molar-refractivity contribution in [1.82, 2.24) is 19.9 Å². The highest BCUT2D eigenvalue weighted by Gasteiger charge is 2.27. The standard InChI is InChI=1S/C20H21FN4OS/c21-16-3-1-14(2-4-16)13-17(25-9-11-26-12-10-25)19-18(23-20(27)24-19)15-5-7-22-8-6-15/h1-8,17H,9-13H2,(H2,23,24,27). The van der Waals surface area contributed by atoms with Crippen LogP contribution in [0.1, 0.15) is 17.3 Å². The number of aromatic amines is 2. The van der Waals surface area contributed by atoms with E-state index in [9.17, 15) is 4.39 Å². The summed E-state index contributed by atoms with van der Waals surface area (Å²) in [4.78, 5) is 13.1. The summed E-state index contributed by atoms with van der Waals surface area (Å²) in [5.41, 5.74) is 4.12. The van der Waals surface area contributed by atoms with Gasteiger partial charge in [-0.3, -0.25) is 9.88 Å². The van der Waals surface area contributed by atoms with E-state index in [0.717, 1.165) is 42.0 Å². The first-order chi connectivity index (χ1) is 13.2. The van der Waals surface area contributed by atoms with E-state index in [1.165, 1.54) is 12.1 Å². The van der Waals surface area contributed by atoms with Crippen LogP contribution in [0.5, 0.6) is 0 Å². The van der Waals surface area contributed by atoms with Crippen LogP contribution in [0.15, 0.2) is 48.8 Å². The highest BCUT2D eigenvalue weighted by Crippen LogP contribution is 2.32. The first kappa shape index (κ1) is 18.0. The Balaban J connectivity index is 1.74. The molecule has 2 N–H and O–H groups in total. The molecule has 5 nitrogen and oxygen atoms in total. The molecule has 0 aliphatic carbocycles. The van der Waals surface area contributed by atoms with Crippen molar-refractivity contribution in [3.05, 3.63) is 70.6 Å². The molecule has 0 radical (unpaired) electrons. The minimum absolute atomic E-state index is 0.0791. The predicted molar refractivity (Wildman–Crippen MR) is 104 cm³/mol. The van der Waals surface area contributed by atoms with Crippen LogP contribution in [-0.4, -0.2) is 46.2 Å². The molecule has 3 aromatic rings. The third-order valence-corrected chi connectivity index (χ3v) is 5.09. The first-order valence-electron chi connectivity index (χ1n) is 8.99. The molecule has 27 heavy (non-hydrogen) atoms. The molecule has 0 saturated carbocycles. The summed E-state index contributed by atoms with van der Waals surface area (Å²) in [6.07, 6.45) is 4.29. The number of hydrogen-bond donors (Lipinski definition) is 2. The number of aromatic nitrogens is 3. The van der Waals surface area contributed by atoms with Gasteiger partial charge in [0.15, 0.2) is 4.77 Å². The second kappa shape index (κ2) is 8.12. The van der Waals surface area contributed by atoms with Gasteiger partial charge < -0.3 is 14.7 Å². The van der Waals surface area contributed by atoms with Crippen molar-refractivity contribution in [2.24, 2.45) is 0 Å². The zero-order valence-electron chi connectivity index (χ0n) is 14.8. The van der Waals surface area contributed by atoms with Crippen LogP contribution in [0.4, 0.5) is 4.39 Å². The van der Waals surface area contributed by atoms with Gasteiger partial charge in [-0.15, -0.1) is 0 Å². The van der Waals surface area contributed by atoms with E-state index < -0.39 is 0 Å². The quantitative estimate of drug-likeness (QED) is 0.656. The van der Waals surface area contributed by atoms with Gasteiger partial charge in [0, 0.05) is 31.0 Å². The molecule has 1 aromatic carbocycles. The number of hydrogen-bond acceptors (Lipinski definition) is 4. The summed E-state index contributed by atoms with van der Waals surface area (Å²) in [5, 5.41) is 0. The summed E-state index contributed by atoms with van der Waals surface area (Å²) in [7, 11) is 0. The van der Waals surface area contributed by atoms with E-state index in [4.69, 9.17) is 17.0 Å². The summed E-state index contributed by atoms with van der Waals surface area (Å²) in [6, 6.07) is 10.7. The Bertz CT molecular complexity index is 933. The van der Waals surface area contributed by atoms with Crippen LogP contribution < -0.4 is 0 Å². The molecule has 2 aromatic heterocycles. The van der Waals surface area contributed by atoms with Crippen molar-refractivity contribution >= 4 is 12.2 Å². The van der Waals surface area contributed by atoms with Gasteiger partial charge in [0.25, 0.3) is 0 Å². The molecule has 1 aliphatic rings. The second-order valence-corrected chi connectivity index (χ2v) is 7.01. The zero-order chi connectivity index (χ0) is 18.6. The topological polar surface area (TPSA) is 56.9 Å². The van der Waals surface area contributed by atoms with E-state index in [1.54, 1.807) is 12.4 Å². The number of nitrogens with zero attached hydrogens (tertiary/aromatic N) is 2. The number of morpholine rings is 1. The fourth-order valence-corrected chi connectivity index (χ4v) is 3.75. The summed E-state index contributed by atoms with van der Waals surface area (Å²) >= 11 is 5.40. The zero-order valence-corrected chi connectivity index (χ0v) is 15.6. The van der Waals surface area contributed by atoms with Crippen molar-refractivity contribution in [2.75, 3.05) is 26.3 Å². The van der Waals surface area contributed by atoms with Gasteiger partial charge in [-0.25, -0.2) is 4.39 Å². The minimum atomic E-state index is -0.222. The van der Waals surface area contributed by atoms with E-state index in [1.807, 2.05) is 24.3 Å². The Hall–Kier alpha value is -2.35. The van der Waals surface area contributed by atoms with Gasteiger partial charge in [0.1, 0.15) is 5.82 Å². The van der Waals surface area contributed by atoms with Gasteiger partial charge in [-0.05, 0) is 48.5 Å². The number of H-pyrrole nitrogens is 2. The lowest BCUT2D eigenvalue weighted by atomic mass is 9.98. The molecule has 1 aliphatic heterocycles. The molecule has 1 unspecified atom stereocenters. The maximum atomic E-state index is 13.3. The summed E-state index contributed by atoms with van der Waals surface area (Å²) in [5.74, 6) is -0.222. The average molecular weight is 384 g/mol. The van der Waals surface area contributed by atoms with Crippen molar-refractivity contribution in [2.45, 2.75) is 12.5 Å². The Morgan fingerprint density at radius 2 is 1.78 bits per heavy atom. The molecular formula is C20H21FN4OS. The van der Waals surface area contributed by atoms with E-state index in [0.29, 0.717) is 18.0 Å². The maximum absolute atomic E-state index is 13.3. The van der Waals surface area contributed by atoms with Crippen molar-refractivity contribution in [3.8, 4) is 11.3 Å².